The molecule has 1 saturated heterocycles. The Morgan fingerprint density at radius 2 is 2.36 bits per heavy atom. The van der Waals surface area contributed by atoms with E-state index in [1.807, 2.05) is 0 Å². The predicted octanol–water partition coefficient (Wildman–Crippen LogP) is 2.38. The van der Waals surface area contributed by atoms with E-state index in [0.717, 1.165) is 12.5 Å². The molecule has 0 spiro atoms. The summed E-state index contributed by atoms with van der Waals surface area (Å²) >= 11 is 0. The van der Waals surface area contributed by atoms with E-state index < -0.39 is 0 Å². The summed E-state index contributed by atoms with van der Waals surface area (Å²) in [6, 6.07) is 0. The monoisotopic (exact) mass is 152 g/mol. The number of fused-ring (bicyclic) bond motifs is 2. The molecule has 1 aliphatic carbocycles. The van der Waals surface area contributed by atoms with Gasteiger partial charge in [-0.05, 0) is 37.2 Å². The molecular weight excluding hydrogens is 136 g/mol. The fraction of sp³-hybridized carbons (Fsp3) is 0.800. The zero-order chi connectivity index (χ0) is 8.06. The van der Waals surface area contributed by atoms with Gasteiger partial charge in [0.25, 0.3) is 0 Å². The molecule has 0 aromatic rings. The van der Waals surface area contributed by atoms with E-state index in [1.165, 1.54) is 18.4 Å². The summed E-state index contributed by atoms with van der Waals surface area (Å²) in [5.41, 5.74) is 1.38. The van der Waals surface area contributed by atoms with Crippen LogP contribution in [-0.2, 0) is 4.74 Å². The van der Waals surface area contributed by atoms with Crippen LogP contribution >= 0.6 is 0 Å². The highest BCUT2D eigenvalue weighted by Gasteiger charge is 2.45. The molecule has 11 heavy (non-hydrogen) atoms. The van der Waals surface area contributed by atoms with Gasteiger partial charge in [-0.2, -0.15) is 0 Å². The van der Waals surface area contributed by atoms with E-state index in [9.17, 15) is 0 Å². The molecule has 0 radical (unpaired) electrons. The molecule has 1 heteroatoms. The lowest BCUT2D eigenvalue weighted by Crippen LogP contribution is -2.36. The van der Waals surface area contributed by atoms with Crippen LogP contribution in [0.25, 0.3) is 0 Å². The van der Waals surface area contributed by atoms with Gasteiger partial charge < -0.3 is 4.74 Å². The van der Waals surface area contributed by atoms with E-state index in [-0.39, 0.29) is 5.60 Å². The van der Waals surface area contributed by atoms with Crippen molar-refractivity contribution in [3.63, 3.8) is 0 Å². The van der Waals surface area contributed by atoms with Crippen molar-refractivity contribution < 1.29 is 4.74 Å². The summed E-state index contributed by atoms with van der Waals surface area (Å²) in [6.07, 6.45) is 2.47. The topological polar surface area (TPSA) is 9.23 Å². The Kier molecular flexibility index (Phi) is 1.40. The van der Waals surface area contributed by atoms with Gasteiger partial charge in [-0.25, -0.2) is 0 Å². The maximum absolute atomic E-state index is 5.78. The van der Waals surface area contributed by atoms with E-state index in [4.69, 9.17) is 4.74 Å². The first-order valence-electron chi connectivity index (χ1n) is 4.47. The highest BCUT2D eigenvalue weighted by molar-refractivity contribution is 5.23. The van der Waals surface area contributed by atoms with Crippen LogP contribution in [0, 0.1) is 11.8 Å². The van der Waals surface area contributed by atoms with Gasteiger partial charge in [-0.1, -0.05) is 13.5 Å². The standard InChI is InChI=1S/C10H16O/c1-7-6-11-10(3)5-4-9(7)8(10)2/h7,9H,2,4-6H2,1,3H3/t7-,9?,10-/m1/s1. The summed E-state index contributed by atoms with van der Waals surface area (Å²) in [5, 5.41) is 0. The molecule has 0 amide bonds. The molecule has 0 N–H and O–H groups in total. The van der Waals surface area contributed by atoms with E-state index in [1.54, 1.807) is 0 Å². The van der Waals surface area contributed by atoms with E-state index in [0.29, 0.717) is 5.92 Å². The van der Waals surface area contributed by atoms with Crippen molar-refractivity contribution in [2.75, 3.05) is 6.61 Å². The number of hydrogen-bond donors (Lipinski definition) is 0. The Bertz CT molecular complexity index is 197. The van der Waals surface area contributed by atoms with Crippen LogP contribution in [0.5, 0.6) is 0 Å². The van der Waals surface area contributed by atoms with Crippen molar-refractivity contribution >= 4 is 0 Å². The van der Waals surface area contributed by atoms with Gasteiger partial charge in [-0.3, -0.25) is 0 Å². The molecule has 2 bridgehead atoms. The van der Waals surface area contributed by atoms with Gasteiger partial charge >= 0.3 is 0 Å². The second kappa shape index (κ2) is 2.10. The Labute approximate surface area is 68.4 Å². The molecule has 1 unspecified atom stereocenters. The Balaban J connectivity index is 2.29. The Morgan fingerprint density at radius 3 is 3.00 bits per heavy atom. The van der Waals surface area contributed by atoms with Crippen LogP contribution in [0.2, 0.25) is 0 Å². The first kappa shape index (κ1) is 7.35. The second-order valence-electron chi connectivity index (χ2n) is 4.19. The SMILES string of the molecule is C=C1C2CC[C@@]1(C)OC[C@H]2C. The maximum Gasteiger partial charge on any atom is 0.0864 e. The van der Waals surface area contributed by atoms with Crippen LogP contribution in [0.4, 0.5) is 0 Å². The fourth-order valence-corrected chi connectivity index (χ4v) is 2.38. The van der Waals surface area contributed by atoms with Gasteiger partial charge in [0.15, 0.2) is 0 Å². The molecule has 1 saturated carbocycles. The summed E-state index contributed by atoms with van der Waals surface area (Å²) < 4.78 is 5.78. The van der Waals surface area contributed by atoms with Crippen molar-refractivity contribution in [1.29, 1.82) is 0 Å². The van der Waals surface area contributed by atoms with Crippen LogP contribution in [0.1, 0.15) is 26.7 Å². The van der Waals surface area contributed by atoms with Crippen molar-refractivity contribution in [2.24, 2.45) is 11.8 Å². The lowest BCUT2D eigenvalue weighted by molar-refractivity contribution is -0.0352. The summed E-state index contributed by atoms with van der Waals surface area (Å²) in [6.45, 7) is 9.51. The lowest BCUT2D eigenvalue weighted by Gasteiger charge is -2.35. The van der Waals surface area contributed by atoms with Gasteiger partial charge in [0, 0.05) is 0 Å². The number of ether oxygens (including phenoxy) is 1. The molecule has 2 aliphatic rings. The normalized spacial score (nSPS) is 49.8. The zero-order valence-corrected chi connectivity index (χ0v) is 7.39. The van der Waals surface area contributed by atoms with Gasteiger partial charge in [0.2, 0.25) is 0 Å². The predicted molar refractivity (Wildman–Crippen MR) is 45.4 cm³/mol. The molecule has 0 aromatic carbocycles. The highest BCUT2D eigenvalue weighted by Crippen LogP contribution is 2.48. The molecular formula is C10H16O. The molecule has 62 valence electrons. The van der Waals surface area contributed by atoms with E-state index in [2.05, 4.69) is 20.4 Å². The molecule has 2 rings (SSSR count). The second-order valence-corrected chi connectivity index (χ2v) is 4.19. The largest absolute Gasteiger partial charge is 0.371 e. The molecule has 0 aromatic heterocycles. The average Bonchev–Trinajstić information content (AvgIpc) is 2.14. The third-order valence-electron chi connectivity index (χ3n) is 3.41. The third kappa shape index (κ3) is 0.871. The molecule has 2 fully saturated rings. The zero-order valence-electron chi connectivity index (χ0n) is 7.39. The van der Waals surface area contributed by atoms with Crippen molar-refractivity contribution in [2.45, 2.75) is 32.3 Å². The van der Waals surface area contributed by atoms with Crippen LogP contribution < -0.4 is 0 Å². The fourth-order valence-electron chi connectivity index (χ4n) is 2.38. The van der Waals surface area contributed by atoms with E-state index >= 15 is 0 Å². The first-order chi connectivity index (χ1) is 5.13. The summed E-state index contributed by atoms with van der Waals surface area (Å²) in [5.74, 6) is 1.44. The average molecular weight is 152 g/mol. The molecule has 3 atom stereocenters. The van der Waals surface area contributed by atoms with Crippen molar-refractivity contribution in [3.05, 3.63) is 12.2 Å². The number of rotatable bonds is 0. The minimum atomic E-state index is 0.0389. The third-order valence-corrected chi connectivity index (χ3v) is 3.41. The number of hydrogen-bond acceptors (Lipinski definition) is 1. The van der Waals surface area contributed by atoms with Gasteiger partial charge in [0.05, 0.1) is 12.2 Å². The lowest BCUT2D eigenvalue weighted by atomic mass is 9.85. The summed E-state index contributed by atoms with van der Waals surface area (Å²) in [7, 11) is 0. The van der Waals surface area contributed by atoms with Crippen molar-refractivity contribution in [1.82, 2.24) is 0 Å². The van der Waals surface area contributed by atoms with Crippen molar-refractivity contribution in [3.8, 4) is 0 Å². The summed E-state index contributed by atoms with van der Waals surface area (Å²) in [4.78, 5) is 0. The Morgan fingerprint density at radius 1 is 1.64 bits per heavy atom. The quantitative estimate of drug-likeness (QED) is 0.484. The highest BCUT2D eigenvalue weighted by atomic mass is 16.5. The minimum Gasteiger partial charge on any atom is -0.371 e. The van der Waals surface area contributed by atoms with Crippen LogP contribution in [0.3, 0.4) is 0 Å². The maximum atomic E-state index is 5.78. The van der Waals surface area contributed by atoms with Gasteiger partial charge in [0.1, 0.15) is 0 Å². The molecule has 1 aliphatic heterocycles. The molecule has 1 heterocycles. The Hall–Kier alpha value is -0.300. The van der Waals surface area contributed by atoms with Gasteiger partial charge in [-0.15, -0.1) is 0 Å². The minimum absolute atomic E-state index is 0.0389. The van der Waals surface area contributed by atoms with Crippen LogP contribution in [-0.4, -0.2) is 12.2 Å². The van der Waals surface area contributed by atoms with Crippen LogP contribution in [0.15, 0.2) is 12.2 Å². The molecule has 1 nitrogen and oxygen atoms in total. The first-order valence-corrected chi connectivity index (χ1v) is 4.47. The smallest absolute Gasteiger partial charge is 0.0864 e.